The maximum absolute atomic E-state index is 13.6. The molecular weight excluding hydrogens is 472 g/mol. The summed E-state index contributed by atoms with van der Waals surface area (Å²) in [6, 6.07) is 16.0. The van der Waals surface area contributed by atoms with Gasteiger partial charge in [0.1, 0.15) is 12.1 Å². The highest BCUT2D eigenvalue weighted by Gasteiger charge is 2.46. The van der Waals surface area contributed by atoms with Gasteiger partial charge in [-0.3, -0.25) is 9.59 Å². The lowest BCUT2D eigenvalue weighted by atomic mass is 9.83. The molecule has 2 N–H and O–H groups in total. The molecule has 0 spiro atoms. The maximum Gasteiger partial charge on any atom is 0.329 e. The lowest BCUT2D eigenvalue weighted by molar-refractivity contribution is -0.176. The van der Waals surface area contributed by atoms with Gasteiger partial charge in [-0.1, -0.05) is 68.8 Å². The lowest BCUT2D eigenvalue weighted by Gasteiger charge is -2.37. The lowest BCUT2D eigenvalue weighted by Crippen LogP contribution is -2.58. The molecule has 3 rings (SSSR count). The van der Waals surface area contributed by atoms with Crippen LogP contribution in [0.3, 0.4) is 0 Å². The molecule has 198 valence electrons. The van der Waals surface area contributed by atoms with Crippen molar-refractivity contribution < 1.29 is 28.7 Å². The van der Waals surface area contributed by atoms with Gasteiger partial charge in [0.25, 0.3) is 11.8 Å². The predicted octanol–water partition coefficient (Wildman–Crippen LogP) is 3.59. The molecular formula is C29H36N2O6. The van der Waals surface area contributed by atoms with Crippen LogP contribution in [-0.4, -0.2) is 48.5 Å². The second-order valence-corrected chi connectivity index (χ2v) is 9.78. The van der Waals surface area contributed by atoms with Gasteiger partial charge in [0.05, 0.1) is 7.11 Å². The Hall–Kier alpha value is -3.68. The van der Waals surface area contributed by atoms with E-state index in [2.05, 4.69) is 10.6 Å². The number of carbonyl (C=O) groups is 4. The summed E-state index contributed by atoms with van der Waals surface area (Å²) in [7, 11) is 1.27. The number of benzene rings is 2. The normalized spacial score (nSPS) is 16.2. The van der Waals surface area contributed by atoms with E-state index >= 15 is 0 Å². The molecule has 0 aromatic heterocycles. The van der Waals surface area contributed by atoms with E-state index < -0.39 is 41.4 Å². The quantitative estimate of drug-likeness (QED) is 0.475. The number of amides is 2. The van der Waals surface area contributed by atoms with Crippen molar-refractivity contribution in [3.8, 4) is 0 Å². The average molecular weight is 509 g/mol. The molecule has 1 aliphatic rings. The number of esters is 2. The van der Waals surface area contributed by atoms with Gasteiger partial charge >= 0.3 is 11.9 Å². The number of carbonyl (C=O) groups excluding carboxylic acids is 4. The number of rotatable bonds is 10. The molecule has 0 radical (unpaired) electrons. The Morgan fingerprint density at radius 3 is 2.00 bits per heavy atom. The molecule has 37 heavy (non-hydrogen) atoms. The zero-order valence-electron chi connectivity index (χ0n) is 21.7. The molecule has 0 heterocycles. The molecule has 2 atom stereocenters. The monoisotopic (exact) mass is 508 g/mol. The molecule has 0 bridgehead atoms. The topological polar surface area (TPSA) is 111 Å². The maximum atomic E-state index is 13.6. The Bertz CT molecular complexity index is 1060. The second kappa shape index (κ2) is 13.0. The van der Waals surface area contributed by atoms with Gasteiger partial charge in [-0.25, -0.2) is 9.59 Å². The van der Waals surface area contributed by atoms with Gasteiger partial charge in [0, 0.05) is 12.0 Å². The molecule has 0 unspecified atom stereocenters. The van der Waals surface area contributed by atoms with Gasteiger partial charge in [-0.15, -0.1) is 0 Å². The largest absolute Gasteiger partial charge is 0.467 e. The van der Waals surface area contributed by atoms with Crippen LogP contribution in [0.15, 0.2) is 60.7 Å². The highest BCUT2D eigenvalue weighted by molar-refractivity contribution is 5.97. The molecule has 8 nitrogen and oxygen atoms in total. The van der Waals surface area contributed by atoms with Crippen molar-refractivity contribution in [3.05, 3.63) is 71.8 Å². The molecule has 2 aromatic rings. The minimum absolute atomic E-state index is 0.241. The van der Waals surface area contributed by atoms with Crippen molar-refractivity contribution in [1.82, 2.24) is 10.6 Å². The summed E-state index contributed by atoms with van der Waals surface area (Å²) >= 11 is 0. The van der Waals surface area contributed by atoms with Crippen LogP contribution in [0.1, 0.15) is 61.9 Å². The first-order valence-corrected chi connectivity index (χ1v) is 12.8. The smallest absolute Gasteiger partial charge is 0.329 e. The predicted molar refractivity (Wildman–Crippen MR) is 139 cm³/mol. The number of methoxy groups -OCH3 is 1. The van der Waals surface area contributed by atoms with Crippen molar-refractivity contribution in [1.29, 1.82) is 0 Å². The van der Waals surface area contributed by atoms with E-state index in [-0.39, 0.29) is 12.3 Å². The molecule has 1 saturated carbocycles. The van der Waals surface area contributed by atoms with Gasteiger partial charge < -0.3 is 20.1 Å². The summed E-state index contributed by atoms with van der Waals surface area (Å²) < 4.78 is 10.9. The number of nitrogens with one attached hydrogen (secondary N) is 2. The molecule has 0 saturated heterocycles. The summed E-state index contributed by atoms with van der Waals surface area (Å²) in [5.41, 5.74) is -0.146. The summed E-state index contributed by atoms with van der Waals surface area (Å²) in [5, 5.41) is 5.55. The van der Waals surface area contributed by atoms with Crippen LogP contribution in [0, 0.1) is 5.92 Å². The Balaban J connectivity index is 1.78. The molecule has 1 fully saturated rings. The Morgan fingerprint density at radius 1 is 0.838 bits per heavy atom. The minimum Gasteiger partial charge on any atom is -0.467 e. The third-order valence-electron chi connectivity index (χ3n) is 6.69. The van der Waals surface area contributed by atoms with E-state index in [1.807, 2.05) is 30.3 Å². The van der Waals surface area contributed by atoms with E-state index in [1.165, 1.54) is 7.11 Å². The first-order chi connectivity index (χ1) is 17.8. The Kier molecular flexibility index (Phi) is 9.83. The van der Waals surface area contributed by atoms with Crippen molar-refractivity contribution in [2.45, 2.75) is 70.1 Å². The average Bonchev–Trinajstić information content (AvgIpc) is 2.92. The zero-order valence-corrected chi connectivity index (χ0v) is 21.7. The molecule has 8 heteroatoms. The van der Waals surface area contributed by atoms with Gasteiger partial charge in [-0.2, -0.15) is 0 Å². The fraction of sp³-hybridized carbons (Fsp3) is 0.448. The van der Waals surface area contributed by atoms with Crippen LogP contribution in [-0.2, 0) is 30.3 Å². The van der Waals surface area contributed by atoms with Crippen LogP contribution in [0.25, 0.3) is 0 Å². The van der Waals surface area contributed by atoms with Crippen LogP contribution in [0.2, 0.25) is 0 Å². The van der Waals surface area contributed by atoms with Gasteiger partial charge in [-0.05, 0) is 49.3 Å². The van der Waals surface area contributed by atoms with Crippen molar-refractivity contribution in [3.63, 3.8) is 0 Å². The van der Waals surface area contributed by atoms with Crippen molar-refractivity contribution >= 4 is 23.8 Å². The fourth-order valence-corrected chi connectivity index (χ4v) is 4.54. The van der Waals surface area contributed by atoms with Crippen LogP contribution in [0.4, 0.5) is 0 Å². The Labute approximate surface area is 218 Å². The fourth-order valence-electron chi connectivity index (χ4n) is 4.54. The SMILES string of the molecule is COC(=O)[C@H](Cc1ccccc1)NC(=O)C1(OC(=O)[C@@H](NC(=O)c2ccccc2)C(C)C)CCCCC1. The van der Waals surface area contributed by atoms with Crippen molar-refractivity contribution in [2.75, 3.05) is 7.11 Å². The highest BCUT2D eigenvalue weighted by atomic mass is 16.6. The number of hydrogen-bond donors (Lipinski definition) is 2. The van der Waals surface area contributed by atoms with E-state index in [1.54, 1.807) is 44.2 Å². The molecule has 1 aliphatic carbocycles. The number of ether oxygens (including phenoxy) is 2. The summed E-state index contributed by atoms with van der Waals surface area (Å²) in [4.78, 5) is 52.3. The van der Waals surface area contributed by atoms with E-state index in [0.717, 1.165) is 12.0 Å². The third-order valence-corrected chi connectivity index (χ3v) is 6.69. The summed E-state index contributed by atoms with van der Waals surface area (Å²) in [6.07, 6.45) is 3.22. The highest BCUT2D eigenvalue weighted by Crippen LogP contribution is 2.33. The van der Waals surface area contributed by atoms with Crippen LogP contribution < -0.4 is 10.6 Å². The summed E-state index contributed by atoms with van der Waals surface area (Å²) in [6.45, 7) is 3.61. The zero-order chi connectivity index (χ0) is 26.8. The first kappa shape index (κ1) is 27.9. The Morgan fingerprint density at radius 2 is 1.43 bits per heavy atom. The van der Waals surface area contributed by atoms with Crippen LogP contribution in [0.5, 0.6) is 0 Å². The number of hydrogen-bond acceptors (Lipinski definition) is 6. The molecule has 0 aliphatic heterocycles. The van der Waals surface area contributed by atoms with Gasteiger partial charge in [0.15, 0.2) is 5.60 Å². The first-order valence-electron chi connectivity index (χ1n) is 12.8. The second-order valence-electron chi connectivity index (χ2n) is 9.78. The van der Waals surface area contributed by atoms with E-state index in [0.29, 0.717) is 31.2 Å². The minimum atomic E-state index is -1.43. The van der Waals surface area contributed by atoms with Crippen LogP contribution >= 0.6 is 0 Å². The molecule has 2 aromatic carbocycles. The van der Waals surface area contributed by atoms with Gasteiger partial charge in [0.2, 0.25) is 0 Å². The van der Waals surface area contributed by atoms with E-state index in [4.69, 9.17) is 9.47 Å². The standard InChI is InChI=1S/C29H36N2O6/c1-20(2)24(31-25(32)22-15-9-5-10-16-22)27(34)37-29(17-11-6-12-18-29)28(35)30-23(26(33)36-3)19-21-13-7-4-8-14-21/h4-5,7-10,13-16,20,23-24H,6,11-12,17-19H2,1-3H3,(H,30,35)(H,31,32)/t23-,24-/m0/s1. The third kappa shape index (κ3) is 7.41. The molecule has 2 amide bonds. The van der Waals surface area contributed by atoms with Crippen molar-refractivity contribution in [2.24, 2.45) is 5.92 Å². The van der Waals surface area contributed by atoms with E-state index in [9.17, 15) is 19.2 Å². The summed E-state index contributed by atoms with van der Waals surface area (Å²) in [5.74, 6) is -2.45.